The molecule has 3 rings (SSSR count). The van der Waals surface area contributed by atoms with Gasteiger partial charge in [-0.3, -0.25) is 4.79 Å². The van der Waals surface area contributed by atoms with Crippen LogP contribution in [0.2, 0.25) is 5.02 Å². The van der Waals surface area contributed by atoms with Crippen LogP contribution < -0.4 is 14.8 Å². The number of ether oxygens (including phenoxy) is 2. The van der Waals surface area contributed by atoms with Crippen LogP contribution in [0, 0.1) is 0 Å². The summed E-state index contributed by atoms with van der Waals surface area (Å²) < 4.78 is 10.9. The van der Waals surface area contributed by atoms with Crippen molar-refractivity contribution >= 4 is 40.6 Å². The minimum atomic E-state index is -0.248. The number of anilines is 1. The number of carbonyl (C=O) groups excluding carboxylic acids is 1. The lowest BCUT2D eigenvalue weighted by atomic mass is 10.2. The van der Waals surface area contributed by atoms with Gasteiger partial charge in [0, 0.05) is 23.1 Å². The topological polar surface area (TPSA) is 47.6 Å². The summed E-state index contributed by atoms with van der Waals surface area (Å²) in [7, 11) is 0. The predicted molar refractivity (Wildman–Crippen MR) is 84.4 cm³/mol. The molecule has 108 valence electrons. The number of hydrogen-bond acceptors (Lipinski definition) is 4. The van der Waals surface area contributed by atoms with E-state index < -0.39 is 0 Å². The van der Waals surface area contributed by atoms with Gasteiger partial charge in [0.05, 0.1) is 10.7 Å². The van der Waals surface area contributed by atoms with Crippen molar-refractivity contribution in [3.8, 4) is 11.5 Å². The number of hydrogen-bond donors (Lipinski definition) is 1. The first-order valence-corrected chi connectivity index (χ1v) is 7.60. The highest BCUT2D eigenvalue weighted by Crippen LogP contribution is 2.37. The maximum atomic E-state index is 11.9. The van der Waals surface area contributed by atoms with Crippen LogP contribution >= 0.6 is 22.9 Å². The third-order valence-corrected chi connectivity index (χ3v) is 3.98. The smallest absolute Gasteiger partial charge is 0.248 e. The monoisotopic (exact) mass is 321 g/mol. The molecular formula is C15H12ClNO3S. The second-order valence-corrected chi connectivity index (χ2v) is 5.70. The number of rotatable bonds is 3. The SMILES string of the molecule is O=C(/C=C/c1cccs1)Nc1cc2c(cc1Cl)OCCO2. The molecule has 1 aliphatic heterocycles. The van der Waals surface area contributed by atoms with Crippen LogP contribution in [-0.4, -0.2) is 19.1 Å². The molecule has 0 atom stereocenters. The second kappa shape index (κ2) is 6.20. The van der Waals surface area contributed by atoms with Crippen LogP contribution in [0.1, 0.15) is 4.88 Å². The van der Waals surface area contributed by atoms with E-state index in [0.29, 0.717) is 35.4 Å². The number of nitrogens with one attached hydrogen (secondary N) is 1. The van der Waals surface area contributed by atoms with Crippen LogP contribution in [0.5, 0.6) is 11.5 Å². The van der Waals surface area contributed by atoms with Crippen LogP contribution in [-0.2, 0) is 4.79 Å². The summed E-state index contributed by atoms with van der Waals surface area (Å²) in [6.45, 7) is 0.985. The molecule has 1 aromatic carbocycles. The summed E-state index contributed by atoms with van der Waals surface area (Å²) >= 11 is 7.70. The standard InChI is InChI=1S/C15H12ClNO3S/c16-11-8-13-14(20-6-5-19-13)9-12(11)17-15(18)4-3-10-2-1-7-21-10/h1-4,7-9H,5-6H2,(H,17,18)/b4-3+. The van der Waals surface area contributed by atoms with E-state index in [-0.39, 0.29) is 5.91 Å². The molecule has 0 spiro atoms. The zero-order valence-corrected chi connectivity index (χ0v) is 12.5. The maximum Gasteiger partial charge on any atom is 0.248 e. The van der Waals surface area contributed by atoms with Gasteiger partial charge >= 0.3 is 0 Å². The highest BCUT2D eigenvalue weighted by atomic mass is 35.5. The fourth-order valence-corrected chi connectivity index (χ4v) is 2.70. The van der Waals surface area contributed by atoms with Gasteiger partial charge in [-0.1, -0.05) is 17.7 Å². The summed E-state index contributed by atoms with van der Waals surface area (Å²) in [6.07, 6.45) is 3.23. The molecule has 0 bridgehead atoms. The van der Waals surface area contributed by atoms with Crippen molar-refractivity contribution in [1.82, 2.24) is 0 Å². The van der Waals surface area contributed by atoms with Crippen molar-refractivity contribution in [2.75, 3.05) is 18.5 Å². The first kappa shape index (κ1) is 14.0. The molecule has 21 heavy (non-hydrogen) atoms. The molecule has 6 heteroatoms. The molecule has 0 saturated heterocycles. The summed E-state index contributed by atoms with van der Waals surface area (Å²) in [4.78, 5) is 12.9. The van der Waals surface area contributed by atoms with Gasteiger partial charge in [-0.05, 0) is 17.5 Å². The fourth-order valence-electron chi connectivity index (χ4n) is 1.88. The van der Waals surface area contributed by atoms with Gasteiger partial charge in [0.2, 0.25) is 5.91 Å². The van der Waals surface area contributed by atoms with E-state index in [9.17, 15) is 4.79 Å². The van der Waals surface area contributed by atoms with Crippen LogP contribution in [0.4, 0.5) is 5.69 Å². The number of thiophene rings is 1. The molecule has 1 aromatic heterocycles. The lowest BCUT2D eigenvalue weighted by molar-refractivity contribution is -0.111. The summed E-state index contributed by atoms with van der Waals surface area (Å²) in [5.74, 6) is 0.934. The first-order chi connectivity index (χ1) is 10.2. The molecule has 2 aromatic rings. The van der Waals surface area contributed by atoms with Crippen LogP contribution in [0.3, 0.4) is 0 Å². The van der Waals surface area contributed by atoms with Crippen LogP contribution in [0.25, 0.3) is 6.08 Å². The van der Waals surface area contributed by atoms with E-state index in [1.807, 2.05) is 17.5 Å². The minimum Gasteiger partial charge on any atom is -0.486 e. The van der Waals surface area contributed by atoms with Gasteiger partial charge < -0.3 is 14.8 Å². The Bertz CT molecular complexity index is 682. The Kier molecular flexibility index (Phi) is 4.13. The van der Waals surface area contributed by atoms with E-state index in [2.05, 4.69) is 5.32 Å². The Labute approximate surface area is 130 Å². The van der Waals surface area contributed by atoms with Crippen molar-refractivity contribution in [3.63, 3.8) is 0 Å². The van der Waals surface area contributed by atoms with Gasteiger partial charge in [0.15, 0.2) is 11.5 Å². The van der Waals surface area contributed by atoms with Crippen molar-refractivity contribution in [2.45, 2.75) is 0 Å². The average Bonchev–Trinajstić information content (AvgIpc) is 2.99. The Morgan fingerprint density at radius 3 is 2.76 bits per heavy atom. The number of fused-ring (bicyclic) bond motifs is 1. The molecule has 0 saturated carbocycles. The number of carbonyl (C=O) groups is 1. The quantitative estimate of drug-likeness (QED) is 0.874. The Morgan fingerprint density at radius 2 is 2.05 bits per heavy atom. The number of halogens is 1. The lowest BCUT2D eigenvalue weighted by Crippen LogP contribution is -2.16. The van der Waals surface area contributed by atoms with Gasteiger partial charge in [-0.25, -0.2) is 0 Å². The zero-order valence-electron chi connectivity index (χ0n) is 11.0. The van der Waals surface area contributed by atoms with E-state index in [0.717, 1.165) is 4.88 Å². The molecule has 1 amide bonds. The first-order valence-electron chi connectivity index (χ1n) is 6.34. The summed E-state index contributed by atoms with van der Waals surface area (Å²) in [5, 5.41) is 5.10. The number of amides is 1. The minimum absolute atomic E-state index is 0.248. The van der Waals surface area contributed by atoms with Gasteiger partial charge in [-0.15, -0.1) is 11.3 Å². The molecular weight excluding hydrogens is 310 g/mol. The summed E-state index contributed by atoms with van der Waals surface area (Å²) in [5.41, 5.74) is 0.502. The van der Waals surface area contributed by atoms with Crippen molar-refractivity contribution in [2.24, 2.45) is 0 Å². The Morgan fingerprint density at radius 1 is 1.29 bits per heavy atom. The lowest BCUT2D eigenvalue weighted by Gasteiger charge is -2.19. The molecule has 4 nitrogen and oxygen atoms in total. The van der Waals surface area contributed by atoms with Crippen LogP contribution in [0.15, 0.2) is 35.7 Å². The molecule has 1 N–H and O–H groups in total. The summed E-state index contributed by atoms with van der Waals surface area (Å²) in [6, 6.07) is 7.19. The molecule has 1 aliphatic rings. The molecule has 0 unspecified atom stereocenters. The van der Waals surface area contributed by atoms with Crippen molar-refractivity contribution < 1.29 is 14.3 Å². The molecule has 0 aliphatic carbocycles. The van der Waals surface area contributed by atoms with E-state index in [1.54, 1.807) is 29.5 Å². The number of benzene rings is 1. The normalized spacial score (nSPS) is 13.4. The highest BCUT2D eigenvalue weighted by Gasteiger charge is 2.15. The van der Waals surface area contributed by atoms with E-state index >= 15 is 0 Å². The Balaban J connectivity index is 1.73. The Hall–Kier alpha value is -1.98. The van der Waals surface area contributed by atoms with Gasteiger partial charge in [-0.2, -0.15) is 0 Å². The van der Waals surface area contributed by atoms with Gasteiger partial charge in [0.1, 0.15) is 13.2 Å². The van der Waals surface area contributed by atoms with E-state index in [4.69, 9.17) is 21.1 Å². The van der Waals surface area contributed by atoms with Crippen molar-refractivity contribution in [1.29, 1.82) is 0 Å². The second-order valence-electron chi connectivity index (χ2n) is 4.31. The largest absolute Gasteiger partial charge is 0.486 e. The molecule has 2 heterocycles. The molecule has 0 radical (unpaired) electrons. The molecule has 0 fully saturated rings. The van der Waals surface area contributed by atoms with E-state index in [1.165, 1.54) is 6.08 Å². The van der Waals surface area contributed by atoms with Gasteiger partial charge in [0.25, 0.3) is 0 Å². The average molecular weight is 322 g/mol. The maximum absolute atomic E-state index is 11.9. The van der Waals surface area contributed by atoms with Crippen molar-refractivity contribution in [3.05, 3.63) is 45.6 Å². The third kappa shape index (κ3) is 3.37. The third-order valence-electron chi connectivity index (χ3n) is 2.83. The highest BCUT2D eigenvalue weighted by molar-refractivity contribution is 7.10. The predicted octanol–water partition coefficient (Wildman–Crippen LogP) is 3.82. The zero-order chi connectivity index (χ0) is 14.7. The fraction of sp³-hybridized carbons (Fsp3) is 0.133.